The van der Waals surface area contributed by atoms with E-state index in [1.54, 1.807) is 6.20 Å². The first kappa shape index (κ1) is 14.6. The first-order chi connectivity index (χ1) is 10.8. The van der Waals surface area contributed by atoms with E-state index < -0.39 is 0 Å². The number of ether oxygens (including phenoxy) is 1. The Morgan fingerprint density at radius 2 is 2.27 bits per heavy atom. The molecule has 5 unspecified atom stereocenters. The fraction of sp³-hybridized carbons (Fsp3) is 0.750. The van der Waals surface area contributed by atoms with Crippen LogP contribution in [0.4, 0.5) is 0 Å². The van der Waals surface area contributed by atoms with Crippen LogP contribution in [0.3, 0.4) is 0 Å². The van der Waals surface area contributed by atoms with E-state index in [9.17, 15) is 9.90 Å². The van der Waals surface area contributed by atoms with Gasteiger partial charge in [-0.2, -0.15) is 0 Å². The zero-order chi connectivity index (χ0) is 15.1. The lowest BCUT2D eigenvalue weighted by molar-refractivity contribution is 0.0865. The summed E-state index contributed by atoms with van der Waals surface area (Å²) < 4.78 is 5.62. The molecular weight excluding hydrogens is 300 g/mol. The molecule has 5 nitrogen and oxygen atoms in total. The second-order valence-corrected chi connectivity index (χ2v) is 7.81. The van der Waals surface area contributed by atoms with Gasteiger partial charge in [0.1, 0.15) is 16.0 Å². The minimum Gasteiger partial charge on any atom is -0.396 e. The van der Waals surface area contributed by atoms with Gasteiger partial charge in [-0.05, 0) is 43.9 Å². The van der Waals surface area contributed by atoms with E-state index in [1.165, 1.54) is 24.2 Å². The Labute approximate surface area is 134 Å². The number of hydrogen-bond donors (Lipinski definition) is 2. The summed E-state index contributed by atoms with van der Waals surface area (Å²) in [6.45, 7) is 0.963. The van der Waals surface area contributed by atoms with E-state index in [0.717, 1.165) is 30.9 Å². The van der Waals surface area contributed by atoms with Gasteiger partial charge in [0.15, 0.2) is 0 Å². The van der Waals surface area contributed by atoms with Crippen LogP contribution >= 0.6 is 11.3 Å². The van der Waals surface area contributed by atoms with Gasteiger partial charge in [0.25, 0.3) is 5.91 Å². The topological polar surface area (TPSA) is 71.5 Å². The Hall–Kier alpha value is -0.980. The summed E-state index contributed by atoms with van der Waals surface area (Å²) in [6, 6.07) is 0.129. The van der Waals surface area contributed by atoms with Crippen LogP contribution in [-0.4, -0.2) is 35.3 Å². The van der Waals surface area contributed by atoms with Crippen molar-refractivity contribution in [2.75, 3.05) is 13.2 Å². The van der Waals surface area contributed by atoms with Crippen molar-refractivity contribution in [3.63, 3.8) is 0 Å². The molecule has 6 heteroatoms. The minimum absolute atomic E-state index is 0.0438. The van der Waals surface area contributed by atoms with Crippen molar-refractivity contribution in [3.05, 3.63) is 16.1 Å². The van der Waals surface area contributed by atoms with Crippen molar-refractivity contribution in [2.45, 2.75) is 44.2 Å². The van der Waals surface area contributed by atoms with Crippen LogP contribution < -0.4 is 5.32 Å². The molecule has 0 spiro atoms. The van der Waals surface area contributed by atoms with E-state index >= 15 is 0 Å². The van der Waals surface area contributed by atoms with E-state index in [1.807, 2.05) is 0 Å². The standard InChI is InChI=1S/C16H22N2O3S/c19-8-11-9-3-4-10(6-9)14(11)18-15(20)13-7-17-16(22-13)12-2-1-5-21-12/h7,9-12,14,19H,1-6,8H2,(H,18,20). The number of nitrogens with zero attached hydrogens (tertiary/aromatic N) is 1. The molecular formula is C16H22N2O3S. The molecule has 5 atom stereocenters. The molecule has 0 radical (unpaired) electrons. The van der Waals surface area contributed by atoms with Gasteiger partial charge in [-0.25, -0.2) is 4.98 Å². The van der Waals surface area contributed by atoms with Gasteiger partial charge in [0.2, 0.25) is 0 Å². The zero-order valence-corrected chi connectivity index (χ0v) is 13.3. The lowest BCUT2D eigenvalue weighted by Gasteiger charge is -2.30. The van der Waals surface area contributed by atoms with Crippen LogP contribution in [0.25, 0.3) is 0 Å². The van der Waals surface area contributed by atoms with Crippen molar-refractivity contribution in [1.29, 1.82) is 0 Å². The van der Waals surface area contributed by atoms with Gasteiger partial charge >= 0.3 is 0 Å². The molecule has 2 saturated carbocycles. The van der Waals surface area contributed by atoms with Gasteiger partial charge in [0, 0.05) is 25.2 Å². The number of aromatic nitrogens is 1. The summed E-state index contributed by atoms with van der Waals surface area (Å²) >= 11 is 1.44. The van der Waals surface area contributed by atoms with Gasteiger partial charge < -0.3 is 15.2 Å². The van der Waals surface area contributed by atoms with Crippen LogP contribution in [0, 0.1) is 17.8 Å². The SMILES string of the molecule is O=C(NC1C2CCC(C2)C1CO)c1cnc(C2CCCO2)s1. The third kappa shape index (κ3) is 2.47. The van der Waals surface area contributed by atoms with Crippen molar-refractivity contribution >= 4 is 17.2 Å². The smallest absolute Gasteiger partial charge is 0.263 e. The first-order valence-corrected chi connectivity index (χ1v) is 9.07. The molecule has 2 bridgehead atoms. The fourth-order valence-corrected chi connectivity index (χ4v) is 5.34. The highest BCUT2D eigenvalue weighted by atomic mass is 32.1. The molecule has 1 saturated heterocycles. The van der Waals surface area contributed by atoms with Gasteiger partial charge in [-0.15, -0.1) is 11.3 Å². The maximum Gasteiger partial charge on any atom is 0.263 e. The first-order valence-electron chi connectivity index (χ1n) is 8.25. The Morgan fingerprint density at radius 1 is 1.41 bits per heavy atom. The summed E-state index contributed by atoms with van der Waals surface area (Å²) in [7, 11) is 0. The number of fused-ring (bicyclic) bond motifs is 2. The summed E-state index contributed by atoms with van der Waals surface area (Å²) in [6.07, 6.45) is 7.32. The van der Waals surface area contributed by atoms with Gasteiger partial charge in [-0.3, -0.25) is 4.79 Å². The molecule has 1 aliphatic heterocycles. The Kier molecular flexibility index (Phi) is 3.92. The van der Waals surface area contributed by atoms with Crippen molar-refractivity contribution in [1.82, 2.24) is 10.3 Å². The second kappa shape index (κ2) is 5.91. The number of hydrogen-bond acceptors (Lipinski definition) is 5. The van der Waals surface area contributed by atoms with Gasteiger partial charge in [0.05, 0.1) is 6.20 Å². The normalized spacial score (nSPS) is 36.9. The number of aliphatic hydroxyl groups excluding tert-OH is 1. The highest BCUT2D eigenvalue weighted by Crippen LogP contribution is 2.48. The van der Waals surface area contributed by atoms with Crippen LogP contribution in [-0.2, 0) is 4.74 Å². The third-order valence-electron chi connectivity index (χ3n) is 5.55. The van der Waals surface area contributed by atoms with E-state index in [4.69, 9.17) is 4.74 Å². The molecule has 0 aromatic carbocycles. The molecule has 1 amide bonds. The molecule has 22 heavy (non-hydrogen) atoms. The second-order valence-electron chi connectivity index (χ2n) is 6.74. The maximum atomic E-state index is 12.5. The molecule has 2 aliphatic carbocycles. The van der Waals surface area contributed by atoms with Crippen LogP contribution in [0.15, 0.2) is 6.20 Å². The monoisotopic (exact) mass is 322 g/mol. The highest BCUT2D eigenvalue weighted by molar-refractivity contribution is 7.13. The number of carbonyl (C=O) groups excluding carboxylic acids is 1. The lowest BCUT2D eigenvalue weighted by Crippen LogP contribution is -2.45. The molecule has 120 valence electrons. The number of nitrogens with one attached hydrogen (secondary N) is 1. The van der Waals surface area contributed by atoms with Crippen molar-refractivity contribution in [3.8, 4) is 0 Å². The molecule has 3 aliphatic rings. The summed E-state index contributed by atoms with van der Waals surface area (Å²) in [5.74, 6) is 1.31. The minimum atomic E-state index is -0.0438. The maximum absolute atomic E-state index is 12.5. The quantitative estimate of drug-likeness (QED) is 0.891. The molecule has 2 N–H and O–H groups in total. The predicted octanol–water partition coefficient (Wildman–Crippen LogP) is 2.13. The number of carbonyl (C=O) groups is 1. The predicted molar refractivity (Wildman–Crippen MR) is 82.7 cm³/mol. The van der Waals surface area contributed by atoms with E-state index in [-0.39, 0.29) is 30.6 Å². The summed E-state index contributed by atoms with van der Waals surface area (Å²) in [5, 5.41) is 13.7. The van der Waals surface area contributed by atoms with Crippen LogP contribution in [0.1, 0.15) is 52.9 Å². The summed E-state index contributed by atoms with van der Waals surface area (Å²) in [4.78, 5) is 17.5. The summed E-state index contributed by atoms with van der Waals surface area (Å²) in [5.41, 5.74) is 0. The number of aliphatic hydroxyl groups is 1. The van der Waals surface area contributed by atoms with Crippen LogP contribution in [0.2, 0.25) is 0 Å². The molecule has 2 heterocycles. The highest BCUT2D eigenvalue weighted by Gasteiger charge is 2.47. The molecule has 1 aromatic heterocycles. The number of thiazole rings is 1. The number of amides is 1. The van der Waals surface area contributed by atoms with E-state index in [0.29, 0.717) is 16.7 Å². The van der Waals surface area contributed by atoms with Gasteiger partial charge in [-0.1, -0.05) is 0 Å². The Balaban J connectivity index is 1.43. The molecule has 3 fully saturated rings. The third-order valence-corrected chi connectivity index (χ3v) is 6.64. The molecule has 1 aromatic rings. The average Bonchev–Trinajstić information content (AvgIpc) is 3.28. The van der Waals surface area contributed by atoms with Crippen molar-refractivity contribution < 1.29 is 14.6 Å². The van der Waals surface area contributed by atoms with E-state index in [2.05, 4.69) is 10.3 Å². The van der Waals surface area contributed by atoms with Crippen LogP contribution in [0.5, 0.6) is 0 Å². The largest absolute Gasteiger partial charge is 0.396 e. The fourth-order valence-electron chi connectivity index (χ4n) is 4.43. The lowest BCUT2D eigenvalue weighted by atomic mass is 9.85. The Morgan fingerprint density at radius 3 is 3.05 bits per heavy atom. The molecule has 4 rings (SSSR count). The zero-order valence-electron chi connectivity index (χ0n) is 12.5. The average molecular weight is 322 g/mol. The number of rotatable bonds is 4. The Bertz CT molecular complexity index is 555. The van der Waals surface area contributed by atoms with Crippen molar-refractivity contribution in [2.24, 2.45) is 17.8 Å².